The first-order valence-corrected chi connectivity index (χ1v) is 11.1. The molecule has 172 valence electrons. The van der Waals surface area contributed by atoms with E-state index in [-0.39, 0.29) is 30.2 Å². The van der Waals surface area contributed by atoms with E-state index in [0.29, 0.717) is 45.5 Å². The lowest BCUT2D eigenvalue weighted by atomic mass is 10.1. The molecule has 1 aromatic carbocycles. The minimum atomic E-state index is -0.394. The summed E-state index contributed by atoms with van der Waals surface area (Å²) in [6, 6.07) is 8.16. The highest BCUT2D eigenvalue weighted by Gasteiger charge is 2.32. The van der Waals surface area contributed by atoms with Crippen LogP contribution >= 0.6 is 11.8 Å². The third kappa shape index (κ3) is 4.32. The molecule has 0 fully saturated rings. The molecule has 3 aromatic heterocycles. The third-order valence-electron chi connectivity index (χ3n) is 5.00. The zero-order valence-corrected chi connectivity index (χ0v) is 18.6. The summed E-state index contributed by atoms with van der Waals surface area (Å²) in [5.41, 5.74) is 1.03. The number of benzene rings is 1. The summed E-state index contributed by atoms with van der Waals surface area (Å²) < 4.78 is 10.5. The number of hydrogen-bond donors (Lipinski definition) is 2. The number of nitrogens with zero attached hydrogens (tertiary/aromatic N) is 5. The van der Waals surface area contributed by atoms with Crippen molar-refractivity contribution in [1.29, 1.82) is 0 Å². The largest absolute Gasteiger partial charge is 0.461 e. The molecule has 0 saturated carbocycles. The molecule has 1 aliphatic rings. The van der Waals surface area contributed by atoms with Crippen LogP contribution in [-0.2, 0) is 17.0 Å². The molecular weight excluding hydrogens is 462 g/mol. The molecule has 0 atom stereocenters. The van der Waals surface area contributed by atoms with Crippen LogP contribution in [0.2, 0.25) is 0 Å². The van der Waals surface area contributed by atoms with Gasteiger partial charge in [-0.25, -0.2) is 0 Å². The second kappa shape index (κ2) is 8.94. The van der Waals surface area contributed by atoms with Gasteiger partial charge in [-0.15, -0.1) is 5.10 Å². The molecule has 0 aliphatic carbocycles. The van der Waals surface area contributed by atoms with Gasteiger partial charge in [-0.3, -0.25) is 24.4 Å². The SMILES string of the molecule is CN1C(=O)c2ccc(NC(=O)CCc3nc(CSc4n[nH]c(-c5ccco5)n4)no3)cc2C1=O. The number of hydrogen-bond acceptors (Lipinski definition) is 10. The monoisotopic (exact) mass is 479 g/mol. The first kappa shape index (κ1) is 21.6. The number of aromatic nitrogens is 5. The Bertz CT molecular complexity index is 1380. The lowest BCUT2D eigenvalue weighted by Gasteiger charge is -2.05. The smallest absolute Gasteiger partial charge is 0.261 e. The van der Waals surface area contributed by atoms with Crippen LogP contribution in [0.1, 0.15) is 38.9 Å². The van der Waals surface area contributed by atoms with Crippen LogP contribution in [0.15, 0.2) is 50.7 Å². The van der Waals surface area contributed by atoms with Crippen LogP contribution in [0.4, 0.5) is 5.69 Å². The Hall–Kier alpha value is -4.26. The molecule has 13 heteroatoms. The molecule has 0 radical (unpaired) electrons. The summed E-state index contributed by atoms with van der Waals surface area (Å²) in [6.07, 6.45) is 1.91. The number of fused-ring (bicyclic) bond motifs is 1. The topological polar surface area (TPSA) is 160 Å². The Labute approximate surface area is 196 Å². The Morgan fingerprint density at radius 3 is 2.85 bits per heavy atom. The van der Waals surface area contributed by atoms with E-state index in [0.717, 1.165) is 4.90 Å². The number of carbonyl (C=O) groups excluding carboxylic acids is 3. The number of furan rings is 1. The van der Waals surface area contributed by atoms with Crippen molar-refractivity contribution < 1.29 is 23.3 Å². The van der Waals surface area contributed by atoms with E-state index in [1.54, 1.807) is 24.5 Å². The highest BCUT2D eigenvalue weighted by Crippen LogP contribution is 2.25. The minimum Gasteiger partial charge on any atom is -0.461 e. The van der Waals surface area contributed by atoms with Gasteiger partial charge in [0, 0.05) is 25.6 Å². The molecule has 0 saturated heterocycles. The van der Waals surface area contributed by atoms with E-state index in [9.17, 15) is 14.4 Å². The molecule has 0 spiro atoms. The van der Waals surface area contributed by atoms with Crippen molar-refractivity contribution in [3.05, 3.63) is 59.4 Å². The summed E-state index contributed by atoms with van der Waals surface area (Å²) in [5, 5.41) is 14.1. The number of anilines is 1. The van der Waals surface area contributed by atoms with Gasteiger partial charge in [-0.1, -0.05) is 16.9 Å². The van der Waals surface area contributed by atoms with Gasteiger partial charge in [0.2, 0.25) is 17.0 Å². The quantitative estimate of drug-likeness (QED) is 0.284. The van der Waals surface area contributed by atoms with E-state index >= 15 is 0 Å². The summed E-state index contributed by atoms with van der Waals surface area (Å²) in [5.74, 6) is 1.25. The van der Waals surface area contributed by atoms with Crippen molar-refractivity contribution in [2.75, 3.05) is 12.4 Å². The molecule has 2 N–H and O–H groups in total. The molecule has 3 amide bonds. The Balaban J connectivity index is 1.11. The van der Waals surface area contributed by atoms with Gasteiger partial charge in [0.05, 0.1) is 23.1 Å². The fraction of sp³-hybridized carbons (Fsp3) is 0.190. The number of imide groups is 1. The first-order chi connectivity index (χ1) is 16.5. The van der Waals surface area contributed by atoms with Gasteiger partial charge < -0.3 is 14.3 Å². The number of aryl methyl sites for hydroxylation is 1. The maximum Gasteiger partial charge on any atom is 0.261 e. The molecule has 0 bridgehead atoms. The van der Waals surface area contributed by atoms with Crippen molar-refractivity contribution in [2.24, 2.45) is 0 Å². The molecule has 12 nitrogen and oxygen atoms in total. The van der Waals surface area contributed by atoms with Gasteiger partial charge in [-0.2, -0.15) is 9.97 Å². The second-order valence-corrected chi connectivity index (χ2v) is 8.26. The van der Waals surface area contributed by atoms with Crippen LogP contribution in [0, 0.1) is 0 Å². The lowest BCUT2D eigenvalue weighted by molar-refractivity contribution is -0.116. The molecular formula is C21H17N7O5S. The van der Waals surface area contributed by atoms with Gasteiger partial charge in [0.15, 0.2) is 17.4 Å². The fourth-order valence-corrected chi connectivity index (χ4v) is 3.94. The normalized spacial score (nSPS) is 12.9. The highest BCUT2D eigenvalue weighted by molar-refractivity contribution is 7.98. The molecule has 4 heterocycles. The summed E-state index contributed by atoms with van der Waals surface area (Å²) in [6.45, 7) is 0. The van der Waals surface area contributed by atoms with Crippen LogP contribution in [0.25, 0.3) is 11.6 Å². The standard InChI is InChI=1S/C21H17N7O5S/c1-28-19(30)12-5-4-11(9-13(12)20(28)31)22-16(29)6-7-17-23-15(27-33-17)10-34-21-24-18(25-26-21)14-3-2-8-32-14/h2-5,8-9H,6-7,10H2,1H3,(H,22,29)(H,24,25,26). The van der Waals surface area contributed by atoms with Crippen molar-refractivity contribution in [3.8, 4) is 11.6 Å². The van der Waals surface area contributed by atoms with Gasteiger partial charge in [0.25, 0.3) is 11.8 Å². The maximum absolute atomic E-state index is 12.3. The predicted octanol–water partition coefficient (Wildman–Crippen LogP) is 2.54. The van der Waals surface area contributed by atoms with Crippen molar-refractivity contribution in [3.63, 3.8) is 0 Å². The van der Waals surface area contributed by atoms with Crippen LogP contribution in [-0.4, -0.2) is 55.0 Å². The Morgan fingerprint density at radius 2 is 2.03 bits per heavy atom. The lowest BCUT2D eigenvalue weighted by Crippen LogP contribution is -2.24. The van der Waals surface area contributed by atoms with E-state index in [1.807, 2.05) is 0 Å². The number of amides is 3. The molecule has 5 rings (SSSR count). The van der Waals surface area contributed by atoms with Crippen LogP contribution in [0.5, 0.6) is 0 Å². The number of rotatable bonds is 8. The summed E-state index contributed by atoms with van der Waals surface area (Å²) in [7, 11) is 1.42. The predicted molar refractivity (Wildman–Crippen MR) is 118 cm³/mol. The third-order valence-corrected chi connectivity index (χ3v) is 5.84. The van der Waals surface area contributed by atoms with Crippen molar-refractivity contribution in [2.45, 2.75) is 23.8 Å². The van der Waals surface area contributed by atoms with Gasteiger partial charge in [0.1, 0.15) is 0 Å². The number of H-pyrrole nitrogens is 1. The highest BCUT2D eigenvalue weighted by atomic mass is 32.2. The number of thioether (sulfide) groups is 1. The average Bonchev–Trinajstić information content (AvgIpc) is 3.63. The zero-order chi connectivity index (χ0) is 23.7. The van der Waals surface area contributed by atoms with Gasteiger partial charge in [-0.05, 0) is 30.3 Å². The van der Waals surface area contributed by atoms with E-state index in [4.69, 9.17) is 8.94 Å². The fourth-order valence-electron chi connectivity index (χ4n) is 3.30. The number of aromatic amines is 1. The summed E-state index contributed by atoms with van der Waals surface area (Å²) >= 11 is 1.33. The van der Waals surface area contributed by atoms with Crippen LogP contribution in [0.3, 0.4) is 0 Å². The molecule has 1 aliphatic heterocycles. The number of nitrogens with one attached hydrogen (secondary N) is 2. The zero-order valence-electron chi connectivity index (χ0n) is 17.8. The Kier molecular flexibility index (Phi) is 5.67. The van der Waals surface area contributed by atoms with Gasteiger partial charge >= 0.3 is 0 Å². The number of carbonyl (C=O) groups is 3. The van der Waals surface area contributed by atoms with Crippen LogP contribution < -0.4 is 5.32 Å². The first-order valence-electron chi connectivity index (χ1n) is 10.1. The van der Waals surface area contributed by atoms with E-state index in [2.05, 4.69) is 30.6 Å². The molecule has 34 heavy (non-hydrogen) atoms. The average molecular weight is 479 g/mol. The van der Waals surface area contributed by atoms with E-state index in [1.165, 1.54) is 30.9 Å². The molecule has 4 aromatic rings. The second-order valence-electron chi connectivity index (χ2n) is 7.31. The summed E-state index contributed by atoms with van der Waals surface area (Å²) in [4.78, 5) is 46.0. The van der Waals surface area contributed by atoms with E-state index < -0.39 is 5.91 Å². The van der Waals surface area contributed by atoms with Crippen molar-refractivity contribution in [1.82, 2.24) is 30.2 Å². The maximum atomic E-state index is 12.3. The minimum absolute atomic E-state index is 0.103. The molecule has 0 unspecified atom stereocenters. The Morgan fingerprint density at radius 1 is 1.18 bits per heavy atom. The van der Waals surface area contributed by atoms with Crippen molar-refractivity contribution >= 4 is 35.2 Å².